The Hall–Kier alpha value is -3.20. The molecule has 21 heavy (non-hydrogen) atoms. The molecule has 4 N–H and O–H groups in total. The molecule has 2 aromatic carbocycles. The highest BCUT2D eigenvalue weighted by atomic mass is 16.5. The van der Waals surface area contributed by atoms with Crippen LogP contribution in [0.3, 0.4) is 0 Å². The van der Waals surface area contributed by atoms with Gasteiger partial charge in [0.15, 0.2) is 0 Å². The third-order valence-electron chi connectivity index (χ3n) is 2.87. The van der Waals surface area contributed by atoms with Gasteiger partial charge in [0.1, 0.15) is 5.75 Å². The molecule has 6 heteroatoms. The van der Waals surface area contributed by atoms with Crippen LogP contribution in [0, 0.1) is 11.3 Å². The minimum Gasteiger partial charge on any atom is -0.495 e. The Labute approximate surface area is 121 Å². The minimum atomic E-state index is -1.06. The molecule has 0 radical (unpaired) electrons. The molecule has 0 aliphatic rings. The molecule has 0 heterocycles. The van der Waals surface area contributed by atoms with Gasteiger partial charge in [-0.3, -0.25) is 0 Å². The molecule has 0 unspecified atom stereocenters. The number of nitriles is 1. The summed E-state index contributed by atoms with van der Waals surface area (Å²) >= 11 is 0. The number of nitrogens with two attached hydrogens (primary N) is 1. The standard InChI is InChI=1S/C15H13N3O3/c1-21-14-6-9(8-16)2-5-12(14)18-13-7-10(17)3-4-11(13)15(19)20/h2-7,18H,17H2,1H3,(H,19,20). The monoisotopic (exact) mass is 283 g/mol. The van der Waals surface area contributed by atoms with E-state index in [0.29, 0.717) is 28.4 Å². The van der Waals surface area contributed by atoms with Crippen LogP contribution in [-0.2, 0) is 0 Å². The number of nitrogens with zero attached hydrogens (tertiary/aromatic N) is 1. The highest BCUT2D eigenvalue weighted by Gasteiger charge is 2.12. The van der Waals surface area contributed by atoms with Gasteiger partial charge in [-0.1, -0.05) is 0 Å². The van der Waals surface area contributed by atoms with E-state index in [1.807, 2.05) is 6.07 Å². The van der Waals surface area contributed by atoms with Crippen LogP contribution in [0.25, 0.3) is 0 Å². The van der Waals surface area contributed by atoms with Crippen LogP contribution >= 0.6 is 0 Å². The van der Waals surface area contributed by atoms with Gasteiger partial charge in [0.25, 0.3) is 0 Å². The normalized spacial score (nSPS) is 9.71. The number of carboxylic acid groups (broad SMARTS) is 1. The second-order valence-electron chi connectivity index (χ2n) is 4.26. The van der Waals surface area contributed by atoms with E-state index in [4.69, 9.17) is 15.7 Å². The number of anilines is 3. The maximum Gasteiger partial charge on any atom is 0.337 e. The lowest BCUT2D eigenvalue weighted by atomic mass is 10.1. The molecule has 0 fully saturated rings. The lowest BCUT2D eigenvalue weighted by Crippen LogP contribution is -2.04. The van der Waals surface area contributed by atoms with E-state index >= 15 is 0 Å². The van der Waals surface area contributed by atoms with Crippen LogP contribution in [0.5, 0.6) is 5.75 Å². The average Bonchev–Trinajstić information content (AvgIpc) is 2.47. The minimum absolute atomic E-state index is 0.0932. The molecule has 0 saturated carbocycles. The predicted octanol–water partition coefficient (Wildman–Crippen LogP) is 2.59. The summed E-state index contributed by atoms with van der Waals surface area (Å²) in [5.74, 6) is -0.627. The van der Waals surface area contributed by atoms with Gasteiger partial charge >= 0.3 is 5.97 Å². The van der Waals surface area contributed by atoms with Gasteiger partial charge in [0.2, 0.25) is 0 Å². The van der Waals surface area contributed by atoms with Crippen LogP contribution in [0.2, 0.25) is 0 Å². The highest BCUT2D eigenvalue weighted by Crippen LogP contribution is 2.31. The molecule has 0 aliphatic heterocycles. The van der Waals surface area contributed by atoms with Crippen molar-refractivity contribution in [3.8, 4) is 11.8 Å². The summed E-state index contributed by atoms with van der Waals surface area (Å²) in [7, 11) is 1.47. The second kappa shape index (κ2) is 5.84. The molecule has 6 nitrogen and oxygen atoms in total. The first kappa shape index (κ1) is 14.2. The fourth-order valence-electron chi connectivity index (χ4n) is 1.86. The van der Waals surface area contributed by atoms with Crippen LogP contribution in [0.1, 0.15) is 15.9 Å². The predicted molar refractivity (Wildman–Crippen MR) is 78.8 cm³/mol. The number of methoxy groups -OCH3 is 1. The van der Waals surface area contributed by atoms with Crippen molar-refractivity contribution in [3.63, 3.8) is 0 Å². The van der Waals surface area contributed by atoms with E-state index in [1.54, 1.807) is 18.2 Å². The molecule has 0 amide bonds. The molecule has 0 saturated heterocycles. The quantitative estimate of drug-likeness (QED) is 0.744. The average molecular weight is 283 g/mol. The van der Waals surface area contributed by atoms with Gasteiger partial charge in [0, 0.05) is 11.8 Å². The Bertz CT molecular complexity index is 735. The summed E-state index contributed by atoms with van der Waals surface area (Å²) in [5.41, 5.74) is 7.57. The number of benzene rings is 2. The Morgan fingerprint density at radius 1 is 1.29 bits per heavy atom. The Balaban J connectivity index is 2.45. The van der Waals surface area contributed by atoms with Crippen molar-refractivity contribution in [3.05, 3.63) is 47.5 Å². The van der Waals surface area contributed by atoms with E-state index in [-0.39, 0.29) is 5.56 Å². The van der Waals surface area contributed by atoms with Crippen LogP contribution in [0.4, 0.5) is 17.1 Å². The first-order valence-corrected chi connectivity index (χ1v) is 6.03. The van der Waals surface area contributed by atoms with Crippen molar-refractivity contribution in [2.45, 2.75) is 0 Å². The molecule has 0 spiro atoms. The van der Waals surface area contributed by atoms with Crippen LogP contribution in [0.15, 0.2) is 36.4 Å². The zero-order chi connectivity index (χ0) is 15.4. The fraction of sp³-hybridized carbons (Fsp3) is 0.0667. The molecule has 0 atom stereocenters. The van der Waals surface area contributed by atoms with Crippen molar-refractivity contribution >= 4 is 23.0 Å². The van der Waals surface area contributed by atoms with E-state index < -0.39 is 5.97 Å². The zero-order valence-electron chi connectivity index (χ0n) is 11.3. The lowest BCUT2D eigenvalue weighted by Gasteiger charge is -2.13. The van der Waals surface area contributed by atoms with Crippen molar-refractivity contribution < 1.29 is 14.6 Å². The maximum absolute atomic E-state index is 11.2. The Morgan fingerprint density at radius 3 is 2.67 bits per heavy atom. The van der Waals surface area contributed by atoms with Crippen molar-refractivity contribution in [1.82, 2.24) is 0 Å². The molecule has 0 bridgehead atoms. The van der Waals surface area contributed by atoms with Gasteiger partial charge in [-0.2, -0.15) is 5.26 Å². The van der Waals surface area contributed by atoms with Gasteiger partial charge in [-0.05, 0) is 30.3 Å². The van der Waals surface area contributed by atoms with Crippen molar-refractivity contribution in [1.29, 1.82) is 5.26 Å². The summed E-state index contributed by atoms with van der Waals surface area (Å²) in [6.07, 6.45) is 0. The first-order chi connectivity index (χ1) is 10.0. The van der Waals surface area contributed by atoms with Crippen molar-refractivity contribution in [2.75, 3.05) is 18.2 Å². The SMILES string of the molecule is COc1cc(C#N)ccc1Nc1cc(N)ccc1C(=O)O. The summed E-state index contributed by atoms with van der Waals surface area (Å²) in [6.45, 7) is 0. The molecular weight excluding hydrogens is 270 g/mol. The zero-order valence-corrected chi connectivity index (χ0v) is 11.3. The fourth-order valence-corrected chi connectivity index (χ4v) is 1.86. The van der Waals surface area contributed by atoms with Gasteiger partial charge in [-0.15, -0.1) is 0 Å². The number of nitrogen functional groups attached to an aromatic ring is 1. The third-order valence-corrected chi connectivity index (χ3v) is 2.87. The summed E-state index contributed by atoms with van der Waals surface area (Å²) in [4.78, 5) is 11.2. The summed E-state index contributed by atoms with van der Waals surface area (Å²) < 4.78 is 5.20. The number of nitrogens with one attached hydrogen (secondary N) is 1. The lowest BCUT2D eigenvalue weighted by molar-refractivity contribution is 0.0698. The molecule has 106 valence electrons. The topological polar surface area (TPSA) is 108 Å². The summed E-state index contributed by atoms with van der Waals surface area (Å²) in [6, 6.07) is 11.3. The van der Waals surface area contributed by atoms with Crippen LogP contribution in [-0.4, -0.2) is 18.2 Å². The van der Waals surface area contributed by atoms with E-state index in [9.17, 15) is 9.90 Å². The number of carbonyl (C=O) groups is 1. The largest absolute Gasteiger partial charge is 0.495 e. The van der Waals surface area contributed by atoms with Gasteiger partial charge in [-0.25, -0.2) is 4.79 Å². The third kappa shape index (κ3) is 3.04. The van der Waals surface area contributed by atoms with Crippen molar-refractivity contribution in [2.24, 2.45) is 0 Å². The van der Waals surface area contributed by atoms with Crippen LogP contribution < -0.4 is 15.8 Å². The number of hydrogen-bond acceptors (Lipinski definition) is 5. The Morgan fingerprint density at radius 2 is 2.05 bits per heavy atom. The first-order valence-electron chi connectivity index (χ1n) is 6.03. The Kier molecular flexibility index (Phi) is 3.95. The van der Waals surface area contributed by atoms with E-state index in [2.05, 4.69) is 5.32 Å². The second-order valence-corrected chi connectivity index (χ2v) is 4.26. The number of ether oxygens (including phenoxy) is 1. The highest BCUT2D eigenvalue weighted by molar-refractivity contribution is 5.96. The molecule has 2 aromatic rings. The van der Waals surface area contributed by atoms with E-state index in [0.717, 1.165) is 0 Å². The van der Waals surface area contributed by atoms with E-state index in [1.165, 1.54) is 25.3 Å². The molecule has 0 aliphatic carbocycles. The smallest absolute Gasteiger partial charge is 0.337 e. The molecular formula is C15H13N3O3. The summed E-state index contributed by atoms with van der Waals surface area (Å²) in [5, 5.41) is 21.0. The molecule has 0 aromatic heterocycles. The van der Waals surface area contributed by atoms with Gasteiger partial charge < -0.3 is 20.9 Å². The molecule has 2 rings (SSSR count). The maximum atomic E-state index is 11.2. The number of hydrogen-bond donors (Lipinski definition) is 3. The number of carboxylic acids is 1. The van der Waals surface area contributed by atoms with Gasteiger partial charge in [0.05, 0.1) is 35.7 Å². The number of rotatable bonds is 4. The number of aromatic carboxylic acids is 1.